The lowest BCUT2D eigenvalue weighted by molar-refractivity contribution is -0.182. The first-order valence-electron chi connectivity index (χ1n) is 14.1. The van der Waals surface area contributed by atoms with E-state index >= 15 is 0 Å². The molecule has 1 saturated carbocycles. The Labute approximate surface area is 268 Å². The van der Waals surface area contributed by atoms with E-state index in [0.29, 0.717) is 10.7 Å². The van der Waals surface area contributed by atoms with Crippen LogP contribution in [0.25, 0.3) is 0 Å². The number of thiocarbonyl (C=S) groups is 1. The van der Waals surface area contributed by atoms with Gasteiger partial charge < -0.3 is 31.3 Å². The Morgan fingerprint density at radius 2 is 1.71 bits per heavy atom. The Morgan fingerprint density at radius 3 is 2.29 bits per heavy atom. The Morgan fingerprint density at radius 1 is 1.07 bits per heavy atom. The number of aromatic nitrogens is 1. The fraction of sp³-hybridized carbons (Fsp3) is 0.517. The number of pyridine rings is 1. The molecular formula is C29H36ClF5N6O3S. The second-order valence-corrected chi connectivity index (χ2v) is 12.4. The van der Waals surface area contributed by atoms with Gasteiger partial charge in [-0.1, -0.05) is 38.4 Å². The third kappa shape index (κ3) is 10.6. The number of nitrogens with one attached hydrogen (secondary N) is 5. The summed E-state index contributed by atoms with van der Waals surface area (Å²) in [5.74, 6) is -2.60. The number of halogens is 6. The summed E-state index contributed by atoms with van der Waals surface area (Å²) in [6.07, 6.45) is -7.23. The first kappa shape index (κ1) is 36.0. The molecule has 9 nitrogen and oxygen atoms in total. The summed E-state index contributed by atoms with van der Waals surface area (Å²) >= 11 is 11.8. The lowest BCUT2D eigenvalue weighted by Gasteiger charge is -2.30. The molecule has 0 radical (unpaired) electrons. The van der Waals surface area contributed by atoms with Gasteiger partial charge in [0.25, 0.3) is 12.3 Å². The predicted molar refractivity (Wildman–Crippen MR) is 167 cm³/mol. The standard InChI is InChI=1S/C29H36ClF5N6O3S/c1-28(2,3)26(43)37-13-15-5-10-19(30)20(11-15)39-27(45)40-21-12-18(25(41-23(21)36-4)44-14-22(31)32)24(42)38-17-8-6-16(7-9-17)29(33,34)35/h5,10-12,16-17,22H,6-9,13-14H2,1-4H3,(H,36,41)(H,37,43)(H,38,42)(H2,39,40,45)/t16-,17-. The molecule has 2 amide bonds. The van der Waals surface area contributed by atoms with Crippen LogP contribution in [0.5, 0.6) is 5.88 Å². The smallest absolute Gasteiger partial charge is 0.391 e. The van der Waals surface area contributed by atoms with Gasteiger partial charge in [-0.25, -0.2) is 8.78 Å². The minimum atomic E-state index is -4.31. The summed E-state index contributed by atoms with van der Waals surface area (Å²) in [5.41, 5.74) is 0.548. The van der Waals surface area contributed by atoms with E-state index in [0.717, 1.165) is 5.56 Å². The van der Waals surface area contributed by atoms with E-state index in [4.69, 9.17) is 28.6 Å². The Hall–Kier alpha value is -3.46. The number of benzene rings is 1. The second-order valence-electron chi connectivity index (χ2n) is 11.6. The van der Waals surface area contributed by atoms with Crippen molar-refractivity contribution in [2.24, 2.45) is 11.3 Å². The Bertz CT molecular complexity index is 1380. The average Bonchev–Trinajstić information content (AvgIpc) is 2.95. The van der Waals surface area contributed by atoms with Crippen molar-refractivity contribution in [3.63, 3.8) is 0 Å². The zero-order chi connectivity index (χ0) is 33.5. The van der Waals surface area contributed by atoms with Crippen molar-refractivity contribution in [1.29, 1.82) is 0 Å². The van der Waals surface area contributed by atoms with Gasteiger partial charge in [-0.05, 0) is 61.7 Å². The van der Waals surface area contributed by atoms with Gasteiger partial charge in [-0.15, -0.1) is 0 Å². The van der Waals surface area contributed by atoms with E-state index in [2.05, 4.69) is 31.6 Å². The van der Waals surface area contributed by atoms with E-state index < -0.39 is 48.4 Å². The fourth-order valence-electron chi connectivity index (χ4n) is 4.53. The number of alkyl halides is 5. The van der Waals surface area contributed by atoms with Crippen molar-refractivity contribution >= 4 is 57.9 Å². The first-order valence-corrected chi connectivity index (χ1v) is 14.9. The number of hydrogen-bond donors (Lipinski definition) is 5. The lowest BCUT2D eigenvalue weighted by Crippen LogP contribution is -2.40. The second kappa shape index (κ2) is 15.2. The molecule has 5 N–H and O–H groups in total. The van der Waals surface area contributed by atoms with Crippen LogP contribution < -0.4 is 31.3 Å². The lowest BCUT2D eigenvalue weighted by atomic mass is 9.85. The van der Waals surface area contributed by atoms with Gasteiger partial charge in [-0.3, -0.25) is 9.59 Å². The molecule has 0 spiro atoms. The van der Waals surface area contributed by atoms with E-state index in [1.54, 1.807) is 39.0 Å². The van der Waals surface area contributed by atoms with E-state index in [9.17, 15) is 31.5 Å². The number of nitrogens with zero attached hydrogens (tertiary/aromatic N) is 1. The monoisotopic (exact) mass is 678 g/mol. The molecule has 0 aliphatic heterocycles. The number of rotatable bonds is 10. The van der Waals surface area contributed by atoms with Gasteiger partial charge in [0.1, 0.15) is 5.56 Å². The molecule has 1 aromatic carbocycles. The van der Waals surface area contributed by atoms with Gasteiger partial charge in [0.05, 0.1) is 22.3 Å². The number of hydrogen-bond acceptors (Lipinski definition) is 6. The fourth-order valence-corrected chi connectivity index (χ4v) is 4.91. The molecule has 1 heterocycles. The number of carbonyl (C=O) groups is 2. The summed E-state index contributed by atoms with van der Waals surface area (Å²) in [6.45, 7) is 4.59. The zero-order valence-electron chi connectivity index (χ0n) is 25.1. The number of ether oxygens (including phenoxy) is 1. The van der Waals surface area contributed by atoms with Crippen molar-refractivity contribution in [3.8, 4) is 5.88 Å². The summed E-state index contributed by atoms with van der Waals surface area (Å²) in [4.78, 5) is 29.7. The summed E-state index contributed by atoms with van der Waals surface area (Å²) in [7, 11) is 1.51. The van der Waals surface area contributed by atoms with Crippen LogP contribution in [0.2, 0.25) is 5.02 Å². The molecule has 1 aromatic heterocycles. The third-order valence-corrected chi connectivity index (χ3v) is 7.54. The van der Waals surface area contributed by atoms with Crippen LogP contribution in [0, 0.1) is 11.3 Å². The molecule has 0 atom stereocenters. The maximum absolute atomic E-state index is 13.3. The third-order valence-electron chi connectivity index (χ3n) is 7.00. The summed E-state index contributed by atoms with van der Waals surface area (Å²) in [6, 6.07) is 5.82. The van der Waals surface area contributed by atoms with Crippen molar-refractivity contribution < 1.29 is 36.3 Å². The molecule has 1 aliphatic rings. The molecule has 0 unspecified atom stereocenters. The van der Waals surface area contributed by atoms with Crippen molar-refractivity contribution in [1.82, 2.24) is 15.6 Å². The van der Waals surface area contributed by atoms with Crippen molar-refractivity contribution in [2.45, 2.75) is 71.6 Å². The molecule has 45 heavy (non-hydrogen) atoms. The van der Waals surface area contributed by atoms with Gasteiger partial charge >= 0.3 is 6.18 Å². The largest absolute Gasteiger partial charge is 0.471 e. The maximum atomic E-state index is 13.3. The quantitative estimate of drug-likeness (QED) is 0.139. The SMILES string of the molecule is CNc1nc(OCC(F)F)c(C(=O)N[C@H]2CC[C@H](C(F)(F)F)CC2)cc1NC(=S)Nc1cc(CNC(=O)C(C)(C)C)ccc1Cl. The van der Waals surface area contributed by atoms with E-state index in [1.165, 1.54) is 13.1 Å². The van der Waals surface area contributed by atoms with Crippen LogP contribution in [0.3, 0.4) is 0 Å². The molecule has 3 rings (SSSR count). The highest BCUT2D eigenvalue weighted by molar-refractivity contribution is 7.80. The molecule has 0 saturated heterocycles. The van der Waals surface area contributed by atoms with Gasteiger partial charge in [-0.2, -0.15) is 18.2 Å². The number of anilines is 3. The van der Waals surface area contributed by atoms with Crippen LogP contribution in [0.1, 0.15) is 62.4 Å². The van der Waals surface area contributed by atoms with Gasteiger partial charge in [0.2, 0.25) is 11.8 Å². The first-order chi connectivity index (χ1) is 21.0. The molecule has 1 aliphatic carbocycles. The highest BCUT2D eigenvalue weighted by Crippen LogP contribution is 2.38. The molecular weight excluding hydrogens is 643 g/mol. The number of carbonyl (C=O) groups excluding carboxylic acids is 2. The average molecular weight is 679 g/mol. The highest BCUT2D eigenvalue weighted by Gasteiger charge is 2.41. The van der Waals surface area contributed by atoms with E-state index in [1.807, 2.05) is 0 Å². The van der Waals surface area contributed by atoms with Crippen LogP contribution in [-0.4, -0.2) is 54.2 Å². The molecule has 248 valence electrons. The summed E-state index contributed by atoms with van der Waals surface area (Å²) < 4.78 is 70.3. The zero-order valence-corrected chi connectivity index (χ0v) is 26.7. The van der Waals surface area contributed by atoms with Crippen LogP contribution in [-0.2, 0) is 11.3 Å². The Kier molecular flexibility index (Phi) is 12.2. The van der Waals surface area contributed by atoms with Crippen molar-refractivity contribution in [2.75, 3.05) is 29.6 Å². The normalized spacial score (nSPS) is 17.0. The van der Waals surface area contributed by atoms with Crippen molar-refractivity contribution in [3.05, 3.63) is 40.4 Å². The van der Waals surface area contributed by atoms with Gasteiger partial charge in [0.15, 0.2) is 17.5 Å². The van der Waals surface area contributed by atoms with Crippen LogP contribution >= 0.6 is 23.8 Å². The predicted octanol–water partition coefficient (Wildman–Crippen LogP) is 6.74. The molecule has 2 aromatic rings. The van der Waals surface area contributed by atoms with Crippen LogP contribution in [0.4, 0.5) is 39.1 Å². The minimum Gasteiger partial charge on any atom is -0.471 e. The Balaban J connectivity index is 1.79. The summed E-state index contributed by atoms with van der Waals surface area (Å²) in [5, 5.41) is 14.5. The minimum absolute atomic E-state index is 0.0316. The van der Waals surface area contributed by atoms with E-state index in [-0.39, 0.29) is 60.3 Å². The molecule has 1 fully saturated rings. The van der Waals surface area contributed by atoms with Gasteiger partial charge in [0, 0.05) is 25.0 Å². The maximum Gasteiger partial charge on any atom is 0.391 e. The number of amides is 2. The molecule has 0 bridgehead atoms. The molecule has 16 heteroatoms. The van der Waals surface area contributed by atoms with Crippen LogP contribution in [0.15, 0.2) is 24.3 Å². The highest BCUT2D eigenvalue weighted by atomic mass is 35.5. The topological polar surface area (TPSA) is 116 Å².